The molecular weight excluding hydrogens is 215 g/mol. The fraction of sp³-hybridized carbons (Fsp3) is 0.500. The zero-order chi connectivity index (χ0) is 11.6. The van der Waals surface area contributed by atoms with Gasteiger partial charge in [-0.1, -0.05) is 30.3 Å². The first-order valence-corrected chi connectivity index (χ1v) is 5.44. The van der Waals surface area contributed by atoms with E-state index in [1.807, 2.05) is 6.07 Å². The van der Waals surface area contributed by atoms with Gasteiger partial charge in [0.2, 0.25) is 0 Å². The Bertz CT molecular complexity index is 334. The van der Waals surface area contributed by atoms with Gasteiger partial charge in [-0.05, 0) is 24.9 Å². The Hall–Kier alpha value is -1.03. The van der Waals surface area contributed by atoms with E-state index in [0.29, 0.717) is 13.0 Å². The summed E-state index contributed by atoms with van der Waals surface area (Å²) in [5, 5.41) is 2.97. The maximum Gasteiger partial charge on any atom is 0.393 e. The minimum Gasteiger partial charge on any atom is -0.309 e. The summed E-state index contributed by atoms with van der Waals surface area (Å²) in [5.74, 6) is -1.26. The molecular formula is C12H14F3N. The van der Waals surface area contributed by atoms with E-state index in [-0.39, 0.29) is 6.42 Å². The highest BCUT2D eigenvalue weighted by molar-refractivity contribution is 5.20. The molecule has 1 saturated heterocycles. The molecule has 1 fully saturated rings. The lowest BCUT2D eigenvalue weighted by Crippen LogP contribution is -2.41. The van der Waals surface area contributed by atoms with Crippen LogP contribution in [0.5, 0.6) is 0 Å². The third kappa shape index (κ3) is 2.38. The van der Waals surface area contributed by atoms with Crippen molar-refractivity contribution in [1.82, 2.24) is 5.32 Å². The van der Waals surface area contributed by atoms with Crippen molar-refractivity contribution in [3.63, 3.8) is 0 Å². The SMILES string of the molecule is FC(F)(F)[C@@H]1CCCN[C@@H]1c1ccccc1. The molecule has 1 nitrogen and oxygen atoms in total. The van der Waals surface area contributed by atoms with E-state index in [0.717, 1.165) is 5.56 Å². The fourth-order valence-corrected chi connectivity index (χ4v) is 2.25. The summed E-state index contributed by atoms with van der Waals surface area (Å²) in [6.07, 6.45) is -3.31. The Morgan fingerprint density at radius 2 is 1.81 bits per heavy atom. The van der Waals surface area contributed by atoms with E-state index in [4.69, 9.17) is 0 Å². The van der Waals surface area contributed by atoms with Gasteiger partial charge >= 0.3 is 6.18 Å². The Morgan fingerprint density at radius 3 is 2.44 bits per heavy atom. The van der Waals surface area contributed by atoms with Crippen LogP contribution in [0.4, 0.5) is 13.2 Å². The second-order valence-electron chi connectivity index (χ2n) is 4.13. The van der Waals surface area contributed by atoms with Crippen molar-refractivity contribution in [1.29, 1.82) is 0 Å². The summed E-state index contributed by atoms with van der Waals surface area (Å²) >= 11 is 0. The van der Waals surface area contributed by atoms with E-state index in [9.17, 15) is 13.2 Å². The Kier molecular flexibility index (Phi) is 3.19. The minimum absolute atomic E-state index is 0.218. The van der Waals surface area contributed by atoms with Crippen molar-refractivity contribution in [2.24, 2.45) is 5.92 Å². The van der Waals surface area contributed by atoms with Gasteiger partial charge in [-0.2, -0.15) is 13.2 Å². The molecule has 16 heavy (non-hydrogen) atoms. The van der Waals surface area contributed by atoms with Gasteiger partial charge in [-0.15, -0.1) is 0 Å². The average molecular weight is 229 g/mol. The first kappa shape index (κ1) is 11.5. The van der Waals surface area contributed by atoms with Crippen LogP contribution in [0.2, 0.25) is 0 Å². The molecule has 0 bridgehead atoms. The minimum atomic E-state index is -4.12. The first-order chi connectivity index (χ1) is 7.59. The molecule has 88 valence electrons. The Balaban J connectivity index is 2.24. The monoisotopic (exact) mass is 229 g/mol. The van der Waals surface area contributed by atoms with Crippen LogP contribution < -0.4 is 5.32 Å². The largest absolute Gasteiger partial charge is 0.393 e. The molecule has 0 aromatic heterocycles. The van der Waals surface area contributed by atoms with Crippen molar-refractivity contribution >= 4 is 0 Å². The van der Waals surface area contributed by atoms with Gasteiger partial charge in [0.05, 0.1) is 5.92 Å². The number of benzene rings is 1. The standard InChI is InChI=1S/C12H14F3N/c13-12(14,15)10-7-4-8-16-11(10)9-5-2-1-3-6-9/h1-3,5-6,10-11,16H,4,7-8H2/t10-,11-/m1/s1. The molecule has 1 aromatic rings. The number of nitrogens with one attached hydrogen (secondary N) is 1. The molecule has 0 saturated carbocycles. The number of piperidine rings is 1. The van der Waals surface area contributed by atoms with Gasteiger partial charge in [0.25, 0.3) is 0 Å². The van der Waals surface area contributed by atoms with Crippen molar-refractivity contribution in [3.05, 3.63) is 35.9 Å². The summed E-state index contributed by atoms with van der Waals surface area (Å²) in [7, 11) is 0. The van der Waals surface area contributed by atoms with Gasteiger partial charge in [-0.25, -0.2) is 0 Å². The Labute approximate surface area is 92.7 Å². The van der Waals surface area contributed by atoms with Crippen LogP contribution in [-0.2, 0) is 0 Å². The second-order valence-corrected chi connectivity index (χ2v) is 4.13. The van der Waals surface area contributed by atoms with E-state index < -0.39 is 18.1 Å². The summed E-state index contributed by atoms with van der Waals surface area (Å²) < 4.78 is 38.5. The molecule has 2 atom stereocenters. The van der Waals surface area contributed by atoms with Crippen molar-refractivity contribution < 1.29 is 13.2 Å². The molecule has 4 heteroatoms. The van der Waals surface area contributed by atoms with Gasteiger partial charge in [0.15, 0.2) is 0 Å². The zero-order valence-electron chi connectivity index (χ0n) is 8.80. The summed E-state index contributed by atoms with van der Waals surface area (Å²) in [5.41, 5.74) is 0.726. The number of halogens is 3. The van der Waals surface area contributed by atoms with Gasteiger partial charge < -0.3 is 5.32 Å². The lowest BCUT2D eigenvalue weighted by Gasteiger charge is -2.34. The predicted octanol–water partition coefficient (Wildman–Crippen LogP) is 3.29. The number of rotatable bonds is 1. The van der Waals surface area contributed by atoms with Gasteiger partial charge in [0, 0.05) is 6.04 Å². The molecule has 0 aliphatic carbocycles. The van der Waals surface area contributed by atoms with Crippen molar-refractivity contribution in [2.75, 3.05) is 6.54 Å². The van der Waals surface area contributed by atoms with Crippen LogP contribution in [0.25, 0.3) is 0 Å². The first-order valence-electron chi connectivity index (χ1n) is 5.44. The van der Waals surface area contributed by atoms with Crippen LogP contribution in [-0.4, -0.2) is 12.7 Å². The highest BCUT2D eigenvalue weighted by Crippen LogP contribution is 2.40. The van der Waals surface area contributed by atoms with Crippen molar-refractivity contribution in [2.45, 2.75) is 25.1 Å². The highest BCUT2D eigenvalue weighted by atomic mass is 19.4. The lowest BCUT2D eigenvalue weighted by atomic mass is 9.86. The average Bonchev–Trinajstić information content (AvgIpc) is 2.29. The topological polar surface area (TPSA) is 12.0 Å². The van der Waals surface area contributed by atoms with Crippen LogP contribution >= 0.6 is 0 Å². The van der Waals surface area contributed by atoms with Crippen LogP contribution in [0.15, 0.2) is 30.3 Å². The van der Waals surface area contributed by atoms with E-state index in [1.54, 1.807) is 24.3 Å². The molecule has 1 aromatic carbocycles. The second kappa shape index (κ2) is 4.45. The molecule has 0 unspecified atom stereocenters. The summed E-state index contributed by atoms with van der Waals surface area (Å²) in [6.45, 7) is 0.659. The number of alkyl halides is 3. The quantitative estimate of drug-likeness (QED) is 0.779. The molecule has 0 spiro atoms. The molecule has 1 N–H and O–H groups in total. The molecule has 1 aliphatic heterocycles. The third-order valence-electron chi connectivity index (χ3n) is 3.04. The number of hydrogen-bond donors (Lipinski definition) is 1. The molecule has 2 rings (SSSR count). The van der Waals surface area contributed by atoms with E-state index >= 15 is 0 Å². The van der Waals surface area contributed by atoms with E-state index in [2.05, 4.69) is 5.32 Å². The van der Waals surface area contributed by atoms with Gasteiger partial charge in [0.1, 0.15) is 0 Å². The third-order valence-corrected chi connectivity index (χ3v) is 3.04. The maximum atomic E-state index is 12.8. The molecule has 1 heterocycles. The summed E-state index contributed by atoms with van der Waals surface area (Å²) in [6, 6.07) is 8.28. The predicted molar refractivity (Wildman–Crippen MR) is 56.0 cm³/mol. The van der Waals surface area contributed by atoms with Gasteiger partial charge in [-0.3, -0.25) is 0 Å². The van der Waals surface area contributed by atoms with Crippen molar-refractivity contribution in [3.8, 4) is 0 Å². The molecule has 0 radical (unpaired) electrons. The number of hydrogen-bond acceptors (Lipinski definition) is 1. The Morgan fingerprint density at radius 1 is 1.12 bits per heavy atom. The summed E-state index contributed by atoms with van der Waals surface area (Å²) in [4.78, 5) is 0. The normalized spacial score (nSPS) is 26.7. The van der Waals surface area contributed by atoms with Crippen LogP contribution in [0, 0.1) is 5.92 Å². The zero-order valence-corrected chi connectivity index (χ0v) is 8.80. The van der Waals surface area contributed by atoms with Crippen LogP contribution in [0.1, 0.15) is 24.4 Å². The molecule has 0 amide bonds. The molecule has 1 aliphatic rings. The van der Waals surface area contributed by atoms with E-state index in [1.165, 1.54) is 0 Å². The smallest absolute Gasteiger partial charge is 0.309 e. The van der Waals surface area contributed by atoms with Crippen LogP contribution in [0.3, 0.4) is 0 Å². The highest BCUT2D eigenvalue weighted by Gasteiger charge is 2.45. The maximum absolute atomic E-state index is 12.8. The lowest BCUT2D eigenvalue weighted by molar-refractivity contribution is -0.189. The fourth-order valence-electron chi connectivity index (χ4n) is 2.25.